The van der Waals surface area contributed by atoms with Gasteiger partial charge in [0.15, 0.2) is 11.0 Å². The number of nitrogens with one attached hydrogen (secondary N) is 1. The minimum atomic E-state index is 0.654. The molecule has 2 aromatic heterocycles. The fourth-order valence-corrected chi connectivity index (χ4v) is 2.90. The highest BCUT2D eigenvalue weighted by Gasteiger charge is 2.10. The van der Waals surface area contributed by atoms with Crippen LogP contribution in [0.5, 0.6) is 0 Å². The summed E-state index contributed by atoms with van der Waals surface area (Å²) in [7, 11) is 0. The number of aromatic amines is 1. The van der Waals surface area contributed by atoms with Gasteiger partial charge < -0.3 is 9.51 Å². The fraction of sp³-hybridized carbons (Fsp3) is 0.312. The number of hydrogen-bond acceptors (Lipinski definition) is 5. The molecule has 6 heteroatoms. The number of benzene rings is 1. The first-order chi connectivity index (χ1) is 10.7. The van der Waals surface area contributed by atoms with Crippen LogP contribution in [0.2, 0.25) is 0 Å². The van der Waals surface area contributed by atoms with Crippen molar-refractivity contribution in [2.75, 3.05) is 0 Å². The van der Waals surface area contributed by atoms with Crippen molar-refractivity contribution in [2.45, 2.75) is 37.6 Å². The lowest BCUT2D eigenvalue weighted by Crippen LogP contribution is -1.90. The largest absolute Gasteiger partial charge is 0.339 e. The van der Waals surface area contributed by atoms with Gasteiger partial charge in [0, 0.05) is 18.5 Å². The normalized spacial score (nSPS) is 11.0. The fourth-order valence-electron chi connectivity index (χ4n) is 2.12. The number of H-pyrrole nitrogens is 1. The molecule has 5 nitrogen and oxygen atoms in total. The van der Waals surface area contributed by atoms with Crippen LogP contribution in [0.3, 0.4) is 0 Å². The highest BCUT2D eigenvalue weighted by molar-refractivity contribution is 7.98. The van der Waals surface area contributed by atoms with Crippen LogP contribution in [-0.4, -0.2) is 20.1 Å². The Labute approximate surface area is 133 Å². The van der Waals surface area contributed by atoms with Gasteiger partial charge in [-0.25, -0.2) is 4.98 Å². The predicted molar refractivity (Wildman–Crippen MR) is 85.8 cm³/mol. The molecule has 0 aliphatic heterocycles. The Morgan fingerprint density at radius 3 is 2.73 bits per heavy atom. The number of aromatic nitrogens is 4. The average molecular weight is 314 g/mol. The molecule has 3 rings (SSSR count). The van der Waals surface area contributed by atoms with E-state index in [1.807, 2.05) is 13.0 Å². The topological polar surface area (TPSA) is 67.6 Å². The zero-order valence-electron chi connectivity index (χ0n) is 12.7. The summed E-state index contributed by atoms with van der Waals surface area (Å²) in [5, 5.41) is 4.85. The van der Waals surface area contributed by atoms with E-state index in [0.717, 1.165) is 29.4 Å². The van der Waals surface area contributed by atoms with Crippen molar-refractivity contribution < 1.29 is 4.52 Å². The lowest BCUT2D eigenvalue weighted by Gasteiger charge is -1.98. The number of rotatable bonds is 6. The maximum absolute atomic E-state index is 5.11. The van der Waals surface area contributed by atoms with Gasteiger partial charge in [0.25, 0.3) is 0 Å². The zero-order valence-corrected chi connectivity index (χ0v) is 13.5. The van der Waals surface area contributed by atoms with E-state index in [1.165, 1.54) is 5.56 Å². The van der Waals surface area contributed by atoms with E-state index in [4.69, 9.17) is 4.52 Å². The monoisotopic (exact) mass is 314 g/mol. The summed E-state index contributed by atoms with van der Waals surface area (Å²) in [5.74, 6) is 2.04. The minimum Gasteiger partial charge on any atom is -0.339 e. The standard InChI is InChI=1S/C16H18N4OS/c1-3-15-19-14(20-21-15)10-22-16-17-11(2)13(18-16)9-12-7-5-4-6-8-12/h4-8H,3,9-10H2,1-2H3,(H,17,18). The van der Waals surface area contributed by atoms with Crippen LogP contribution in [0, 0.1) is 6.92 Å². The Morgan fingerprint density at radius 2 is 2.00 bits per heavy atom. The molecule has 22 heavy (non-hydrogen) atoms. The molecule has 0 unspecified atom stereocenters. The first-order valence-corrected chi connectivity index (χ1v) is 8.27. The van der Waals surface area contributed by atoms with Gasteiger partial charge in [-0.3, -0.25) is 0 Å². The van der Waals surface area contributed by atoms with Gasteiger partial charge in [-0.2, -0.15) is 4.98 Å². The molecule has 0 amide bonds. The van der Waals surface area contributed by atoms with Crippen molar-refractivity contribution in [2.24, 2.45) is 0 Å². The molecule has 0 saturated carbocycles. The van der Waals surface area contributed by atoms with E-state index in [-0.39, 0.29) is 0 Å². The maximum Gasteiger partial charge on any atom is 0.226 e. The Kier molecular flexibility index (Phi) is 4.58. The van der Waals surface area contributed by atoms with Gasteiger partial charge >= 0.3 is 0 Å². The molecule has 0 bridgehead atoms. The number of hydrogen-bond donors (Lipinski definition) is 1. The third-order valence-electron chi connectivity index (χ3n) is 3.33. The van der Waals surface area contributed by atoms with Gasteiger partial charge in [0.05, 0.1) is 11.4 Å². The van der Waals surface area contributed by atoms with E-state index in [9.17, 15) is 0 Å². The van der Waals surface area contributed by atoms with Crippen molar-refractivity contribution in [3.8, 4) is 0 Å². The van der Waals surface area contributed by atoms with Crippen LogP contribution < -0.4 is 0 Å². The molecular formula is C16H18N4OS. The van der Waals surface area contributed by atoms with Crippen molar-refractivity contribution in [1.82, 2.24) is 20.1 Å². The highest BCUT2D eigenvalue weighted by Crippen LogP contribution is 2.21. The SMILES string of the molecule is CCc1nc(CSc2nc(Cc3ccccc3)c(C)[nH]2)no1. The lowest BCUT2D eigenvalue weighted by atomic mass is 10.1. The second kappa shape index (κ2) is 6.79. The molecule has 0 fully saturated rings. The zero-order chi connectivity index (χ0) is 15.4. The molecule has 0 spiro atoms. The summed E-state index contributed by atoms with van der Waals surface area (Å²) in [4.78, 5) is 12.3. The van der Waals surface area contributed by atoms with Crippen LogP contribution in [0.4, 0.5) is 0 Å². The first-order valence-electron chi connectivity index (χ1n) is 7.28. The van der Waals surface area contributed by atoms with E-state index >= 15 is 0 Å². The minimum absolute atomic E-state index is 0.654. The average Bonchev–Trinajstić information content (AvgIpc) is 3.13. The van der Waals surface area contributed by atoms with Crippen molar-refractivity contribution in [3.05, 3.63) is 59.0 Å². The molecule has 2 heterocycles. The first kappa shape index (κ1) is 14.8. The van der Waals surface area contributed by atoms with E-state index < -0.39 is 0 Å². The van der Waals surface area contributed by atoms with Crippen LogP contribution in [0.1, 0.15) is 35.6 Å². The molecule has 0 saturated heterocycles. The predicted octanol–water partition coefficient (Wildman–Crippen LogP) is 3.55. The van der Waals surface area contributed by atoms with E-state index in [2.05, 4.69) is 51.3 Å². The number of thioether (sulfide) groups is 1. The van der Waals surface area contributed by atoms with Crippen molar-refractivity contribution in [1.29, 1.82) is 0 Å². The van der Waals surface area contributed by atoms with Crippen LogP contribution in [0.25, 0.3) is 0 Å². The Bertz CT molecular complexity index is 736. The molecule has 0 atom stereocenters. The van der Waals surface area contributed by atoms with Crippen molar-refractivity contribution >= 4 is 11.8 Å². The second-order valence-electron chi connectivity index (χ2n) is 5.02. The number of nitrogens with zero attached hydrogens (tertiary/aromatic N) is 3. The summed E-state index contributed by atoms with van der Waals surface area (Å²) >= 11 is 1.59. The van der Waals surface area contributed by atoms with Crippen molar-refractivity contribution in [3.63, 3.8) is 0 Å². The number of imidazole rings is 1. The second-order valence-corrected chi connectivity index (χ2v) is 5.99. The third kappa shape index (κ3) is 3.57. The molecule has 0 aliphatic rings. The lowest BCUT2D eigenvalue weighted by molar-refractivity contribution is 0.378. The quantitative estimate of drug-likeness (QED) is 0.705. The summed E-state index contributed by atoms with van der Waals surface area (Å²) in [6.07, 6.45) is 1.60. The highest BCUT2D eigenvalue weighted by atomic mass is 32.2. The molecule has 0 aliphatic carbocycles. The summed E-state index contributed by atoms with van der Waals surface area (Å²) in [6.45, 7) is 4.05. The van der Waals surface area contributed by atoms with Gasteiger partial charge in [-0.1, -0.05) is 54.2 Å². The van der Waals surface area contributed by atoms with E-state index in [0.29, 0.717) is 17.5 Å². The third-order valence-corrected chi connectivity index (χ3v) is 4.20. The van der Waals surface area contributed by atoms with Crippen LogP contribution in [-0.2, 0) is 18.6 Å². The van der Waals surface area contributed by atoms with Gasteiger partial charge in [-0.05, 0) is 12.5 Å². The summed E-state index contributed by atoms with van der Waals surface area (Å²) in [5.41, 5.74) is 3.45. The van der Waals surface area contributed by atoms with Crippen LogP contribution in [0.15, 0.2) is 40.0 Å². The molecule has 3 aromatic rings. The van der Waals surface area contributed by atoms with E-state index in [1.54, 1.807) is 11.8 Å². The molecule has 1 N–H and O–H groups in total. The Morgan fingerprint density at radius 1 is 1.18 bits per heavy atom. The van der Waals surface area contributed by atoms with Crippen LogP contribution >= 0.6 is 11.8 Å². The summed E-state index contributed by atoms with van der Waals surface area (Å²) < 4.78 is 5.11. The maximum atomic E-state index is 5.11. The number of aryl methyl sites for hydroxylation is 2. The Balaban J connectivity index is 1.64. The van der Waals surface area contributed by atoms with Gasteiger partial charge in [-0.15, -0.1) is 0 Å². The van der Waals surface area contributed by atoms with Gasteiger partial charge in [0.1, 0.15) is 0 Å². The molecule has 0 radical (unpaired) electrons. The molecule has 1 aromatic carbocycles. The van der Waals surface area contributed by atoms with Gasteiger partial charge in [0.2, 0.25) is 5.89 Å². The smallest absolute Gasteiger partial charge is 0.226 e. The summed E-state index contributed by atoms with van der Waals surface area (Å²) in [6, 6.07) is 10.4. The molecular weight excluding hydrogens is 296 g/mol. The molecule has 114 valence electrons. The Hall–Kier alpha value is -2.08.